The zero-order chi connectivity index (χ0) is 15.5. The highest BCUT2D eigenvalue weighted by molar-refractivity contribution is 8.26. The van der Waals surface area contributed by atoms with E-state index in [4.69, 9.17) is 12.2 Å². The van der Waals surface area contributed by atoms with Gasteiger partial charge in [-0.1, -0.05) is 59.9 Å². The van der Waals surface area contributed by atoms with Crippen LogP contribution in [0.15, 0.2) is 53.7 Å². The highest BCUT2D eigenvalue weighted by atomic mass is 32.2. The summed E-state index contributed by atoms with van der Waals surface area (Å²) in [6.07, 6.45) is 5.36. The first-order chi connectivity index (χ1) is 10.6. The number of amides is 1. The monoisotopic (exact) mass is 326 g/mol. The molecular weight excluding hydrogens is 312 g/mol. The molecule has 1 aromatic carbocycles. The molecular formula is C17H14N2OS2. The first-order valence-corrected chi connectivity index (χ1v) is 8.07. The van der Waals surface area contributed by atoms with Gasteiger partial charge >= 0.3 is 0 Å². The van der Waals surface area contributed by atoms with Crippen molar-refractivity contribution in [1.82, 2.24) is 9.88 Å². The molecule has 2 aromatic rings. The molecule has 1 aliphatic heterocycles. The van der Waals surface area contributed by atoms with Crippen molar-refractivity contribution < 1.29 is 4.79 Å². The lowest BCUT2D eigenvalue weighted by atomic mass is 10.1. The van der Waals surface area contributed by atoms with Gasteiger partial charge < -0.3 is 0 Å². The van der Waals surface area contributed by atoms with E-state index in [0.29, 0.717) is 15.8 Å². The molecule has 0 radical (unpaired) electrons. The highest BCUT2D eigenvalue weighted by Crippen LogP contribution is 2.33. The van der Waals surface area contributed by atoms with Crippen molar-refractivity contribution in [2.24, 2.45) is 0 Å². The quantitative estimate of drug-likeness (QED) is 0.635. The molecule has 0 aliphatic carbocycles. The van der Waals surface area contributed by atoms with Crippen LogP contribution in [0, 0.1) is 6.92 Å². The van der Waals surface area contributed by atoms with Crippen LogP contribution < -0.4 is 0 Å². The van der Waals surface area contributed by atoms with Gasteiger partial charge in [-0.2, -0.15) is 0 Å². The van der Waals surface area contributed by atoms with Crippen LogP contribution in [0.5, 0.6) is 0 Å². The van der Waals surface area contributed by atoms with Crippen molar-refractivity contribution in [3.8, 4) is 0 Å². The van der Waals surface area contributed by atoms with E-state index >= 15 is 0 Å². The second-order valence-electron chi connectivity index (χ2n) is 5.04. The molecule has 0 bridgehead atoms. The van der Waals surface area contributed by atoms with Crippen molar-refractivity contribution in [1.29, 1.82) is 0 Å². The van der Waals surface area contributed by atoms with E-state index in [1.165, 1.54) is 17.3 Å². The first-order valence-electron chi connectivity index (χ1n) is 6.84. The Morgan fingerprint density at radius 1 is 1.27 bits per heavy atom. The van der Waals surface area contributed by atoms with E-state index < -0.39 is 0 Å². The van der Waals surface area contributed by atoms with Crippen LogP contribution in [-0.2, 0) is 11.3 Å². The van der Waals surface area contributed by atoms with Gasteiger partial charge in [0, 0.05) is 12.4 Å². The SMILES string of the molecule is Cc1ccc(C=C2SC(=S)N(Cc3cccnc3)C2=O)cc1. The molecule has 1 aliphatic rings. The minimum absolute atomic E-state index is 0.0422. The minimum atomic E-state index is -0.0422. The molecule has 1 aromatic heterocycles. The van der Waals surface area contributed by atoms with Crippen molar-refractivity contribution in [2.75, 3.05) is 0 Å². The summed E-state index contributed by atoms with van der Waals surface area (Å²) in [5, 5.41) is 0. The molecule has 2 heterocycles. The van der Waals surface area contributed by atoms with Crippen molar-refractivity contribution in [2.45, 2.75) is 13.5 Å². The lowest BCUT2D eigenvalue weighted by molar-refractivity contribution is -0.122. The van der Waals surface area contributed by atoms with Gasteiger partial charge in [0.2, 0.25) is 0 Å². The Kier molecular flexibility index (Phi) is 4.36. The van der Waals surface area contributed by atoms with Gasteiger partial charge in [0.15, 0.2) is 0 Å². The van der Waals surface area contributed by atoms with Crippen LogP contribution >= 0.6 is 24.0 Å². The molecule has 22 heavy (non-hydrogen) atoms. The number of rotatable bonds is 3. The number of thiocarbonyl (C=S) groups is 1. The summed E-state index contributed by atoms with van der Waals surface area (Å²) in [6.45, 7) is 2.50. The number of thioether (sulfide) groups is 1. The number of benzene rings is 1. The summed E-state index contributed by atoms with van der Waals surface area (Å²) in [5.41, 5.74) is 3.17. The standard InChI is InChI=1S/C17H14N2OS2/c1-12-4-6-13(7-5-12)9-15-16(20)19(17(21)22-15)11-14-3-2-8-18-10-14/h2-10H,11H2,1H3. The first kappa shape index (κ1) is 14.9. The normalized spacial score (nSPS) is 16.6. The van der Waals surface area contributed by atoms with Crippen LogP contribution in [-0.4, -0.2) is 20.1 Å². The average Bonchev–Trinajstić information content (AvgIpc) is 2.78. The molecule has 0 spiro atoms. The number of nitrogens with zero attached hydrogens (tertiary/aromatic N) is 2. The number of aryl methyl sites for hydroxylation is 1. The molecule has 3 rings (SSSR count). The number of hydrogen-bond donors (Lipinski definition) is 0. The predicted octanol–water partition coefficient (Wildman–Crippen LogP) is 3.79. The summed E-state index contributed by atoms with van der Waals surface area (Å²) in [7, 11) is 0. The fourth-order valence-electron chi connectivity index (χ4n) is 2.12. The van der Waals surface area contributed by atoms with Gasteiger partial charge in [-0.05, 0) is 30.2 Å². The van der Waals surface area contributed by atoms with Crippen LogP contribution in [0.3, 0.4) is 0 Å². The zero-order valence-electron chi connectivity index (χ0n) is 12.0. The van der Waals surface area contributed by atoms with Gasteiger partial charge in [-0.3, -0.25) is 14.7 Å². The number of pyridine rings is 1. The lowest BCUT2D eigenvalue weighted by Gasteiger charge is -2.13. The van der Waals surface area contributed by atoms with E-state index in [0.717, 1.165) is 11.1 Å². The van der Waals surface area contributed by atoms with Gasteiger partial charge in [0.1, 0.15) is 4.32 Å². The van der Waals surface area contributed by atoms with E-state index in [-0.39, 0.29) is 5.91 Å². The number of carbonyl (C=O) groups is 1. The second-order valence-corrected chi connectivity index (χ2v) is 6.72. The number of carbonyl (C=O) groups excluding carboxylic acids is 1. The Hall–Kier alpha value is -1.98. The van der Waals surface area contributed by atoms with Gasteiger partial charge in [-0.15, -0.1) is 0 Å². The Balaban J connectivity index is 1.80. The molecule has 3 nitrogen and oxygen atoms in total. The Morgan fingerprint density at radius 3 is 2.73 bits per heavy atom. The third-order valence-corrected chi connectivity index (χ3v) is 4.69. The summed E-state index contributed by atoms with van der Waals surface area (Å²) < 4.78 is 0.590. The summed E-state index contributed by atoms with van der Waals surface area (Å²) >= 11 is 6.69. The lowest BCUT2D eigenvalue weighted by Crippen LogP contribution is -2.27. The van der Waals surface area contributed by atoms with Gasteiger partial charge in [0.05, 0.1) is 11.4 Å². The van der Waals surface area contributed by atoms with Crippen LogP contribution in [0.2, 0.25) is 0 Å². The third-order valence-electron chi connectivity index (χ3n) is 3.31. The Labute approximate surface area is 139 Å². The largest absolute Gasteiger partial charge is 0.288 e. The Bertz CT molecular complexity index is 739. The summed E-state index contributed by atoms with van der Waals surface area (Å²) in [4.78, 5) is 18.9. The maximum Gasteiger partial charge on any atom is 0.266 e. The topological polar surface area (TPSA) is 33.2 Å². The molecule has 0 N–H and O–H groups in total. The van der Waals surface area contributed by atoms with Gasteiger partial charge in [0.25, 0.3) is 5.91 Å². The molecule has 0 unspecified atom stereocenters. The molecule has 1 fully saturated rings. The summed E-state index contributed by atoms with van der Waals surface area (Å²) in [6, 6.07) is 11.9. The van der Waals surface area contributed by atoms with E-state index in [1.807, 2.05) is 49.4 Å². The minimum Gasteiger partial charge on any atom is -0.288 e. The Morgan fingerprint density at radius 2 is 2.05 bits per heavy atom. The number of hydrogen-bond acceptors (Lipinski definition) is 4. The van der Waals surface area contributed by atoms with E-state index in [2.05, 4.69) is 4.98 Å². The fourth-order valence-corrected chi connectivity index (χ4v) is 3.38. The van der Waals surface area contributed by atoms with Crippen molar-refractivity contribution in [3.05, 3.63) is 70.4 Å². The average molecular weight is 326 g/mol. The maximum atomic E-state index is 12.5. The van der Waals surface area contributed by atoms with Crippen LogP contribution in [0.1, 0.15) is 16.7 Å². The fraction of sp³-hybridized carbons (Fsp3) is 0.118. The van der Waals surface area contributed by atoms with Gasteiger partial charge in [-0.25, -0.2) is 0 Å². The number of aromatic nitrogens is 1. The summed E-state index contributed by atoms with van der Waals surface area (Å²) in [5.74, 6) is -0.0422. The van der Waals surface area contributed by atoms with Crippen molar-refractivity contribution >= 4 is 40.3 Å². The smallest absolute Gasteiger partial charge is 0.266 e. The second kappa shape index (κ2) is 6.42. The van der Waals surface area contributed by atoms with E-state index in [9.17, 15) is 4.79 Å². The maximum absolute atomic E-state index is 12.5. The highest BCUT2D eigenvalue weighted by Gasteiger charge is 2.31. The molecule has 0 atom stereocenters. The molecule has 110 valence electrons. The molecule has 1 amide bonds. The predicted molar refractivity (Wildman–Crippen MR) is 94.1 cm³/mol. The van der Waals surface area contributed by atoms with Crippen LogP contribution in [0.4, 0.5) is 0 Å². The third kappa shape index (κ3) is 3.26. The molecule has 5 heteroatoms. The van der Waals surface area contributed by atoms with E-state index in [1.54, 1.807) is 17.3 Å². The molecule has 1 saturated heterocycles. The zero-order valence-corrected chi connectivity index (χ0v) is 13.7. The van der Waals surface area contributed by atoms with Crippen LogP contribution in [0.25, 0.3) is 6.08 Å². The van der Waals surface area contributed by atoms with Crippen molar-refractivity contribution in [3.63, 3.8) is 0 Å². The molecule has 0 saturated carbocycles.